The Kier molecular flexibility index (Phi) is 2.91. The highest BCUT2D eigenvalue weighted by Gasteiger charge is 2.23. The highest BCUT2D eigenvalue weighted by atomic mass is 16.5. The first-order valence-electron chi connectivity index (χ1n) is 4.01. The first kappa shape index (κ1) is 8.56. The summed E-state index contributed by atoms with van der Waals surface area (Å²) in [5.74, 6) is 0.826. The molecular formula is C8H16N2O. The van der Waals surface area contributed by atoms with Crippen LogP contribution in [0.15, 0.2) is 12.3 Å². The Balaban J connectivity index is 2.39. The molecule has 11 heavy (non-hydrogen) atoms. The normalized spacial score (nSPS) is 25.5. The number of rotatable bonds is 3. The van der Waals surface area contributed by atoms with Gasteiger partial charge in [0.15, 0.2) is 0 Å². The predicted molar refractivity (Wildman–Crippen MR) is 45.2 cm³/mol. The minimum atomic E-state index is 0.218. The molecule has 0 saturated carbocycles. The number of ether oxygens (including phenoxy) is 1. The van der Waals surface area contributed by atoms with Gasteiger partial charge in [0.05, 0.1) is 6.61 Å². The van der Waals surface area contributed by atoms with E-state index in [1.165, 1.54) is 0 Å². The molecule has 0 aromatic carbocycles. The summed E-state index contributed by atoms with van der Waals surface area (Å²) in [6.45, 7) is 8.61. The minimum Gasteiger partial charge on any atom is -0.496 e. The smallest absolute Gasteiger partial charge is 0.121 e. The fourth-order valence-electron chi connectivity index (χ4n) is 1.29. The quantitative estimate of drug-likeness (QED) is 0.598. The maximum atomic E-state index is 5.30. The van der Waals surface area contributed by atoms with Gasteiger partial charge in [-0.15, -0.1) is 0 Å². The van der Waals surface area contributed by atoms with Gasteiger partial charge in [-0.2, -0.15) is 0 Å². The van der Waals surface area contributed by atoms with Gasteiger partial charge in [-0.05, 0) is 14.0 Å². The number of likely N-dealkylation sites (N-methyl/N-ethyl adjacent to an activating group) is 1. The van der Waals surface area contributed by atoms with Gasteiger partial charge in [0.1, 0.15) is 11.9 Å². The molecule has 0 radical (unpaired) electrons. The molecule has 1 aliphatic heterocycles. The van der Waals surface area contributed by atoms with Crippen LogP contribution < -0.4 is 5.32 Å². The van der Waals surface area contributed by atoms with Crippen molar-refractivity contribution in [1.29, 1.82) is 0 Å². The van der Waals surface area contributed by atoms with Crippen molar-refractivity contribution in [3.63, 3.8) is 0 Å². The standard InChI is InChI=1S/C8H16N2O/c1-4-11-7(2)8-9-5-6-10(8)3/h8-9H,2,4-6H2,1,3H3. The molecule has 0 aromatic heterocycles. The van der Waals surface area contributed by atoms with Gasteiger partial charge in [-0.25, -0.2) is 0 Å². The van der Waals surface area contributed by atoms with Gasteiger partial charge >= 0.3 is 0 Å². The second-order valence-corrected chi connectivity index (χ2v) is 2.74. The highest BCUT2D eigenvalue weighted by Crippen LogP contribution is 2.09. The van der Waals surface area contributed by atoms with Crippen molar-refractivity contribution in [1.82, 2.24) is 10.2 Å². The van der Waals surface area contributed by atoms with E-state index in [0.717, 1.165) is 18.8 Å². The van der Waals surface area contributed by atoms with Crippen LogP contribution in [0.5, 0.6) is 0 Å². The molecule has 1 unspecified atom stereocenters. The molecule has 0 aromatic rings. The molecule has 3 nitrogen and oxygen atoms in total. The Morgan fingerprint density at radius 3 is 3.00 bits per heavy atom. The number of nitrogens with one attached hydrogen (secondary N) is 1. The molecule has 0 aliphatic carbocycles. The van der Waals surface area contributed by atoms with Crippen molar-refractivity contribution in [2.75, 3.05) is 26.7 Å². The van der Waals surface area contributed by atoms with Crippen LogP contribution in [-0.2, 0) is 4.74 Å². The zero-order chi connectivity index (χ0) is 8.27. The summed E-state index contributed by atoms with van der Waals surface area (Å²) >= 11 is 0. The summed E-state index contributed by atoms with van der Waals surface area (Å²) in [6, 6.07) is 0. The molecule has 64 valence electrons. The van der Waals surface area contributed by atoms with Crippen LogP contribution in [0.4, 0.5) is 0 Å². The van der Waals surface area contributed by atoms with E-state index < -0.39 is 0 Å². The molecule has 1 fully saturated rings. The summed E-state index contributed by atoms with van der Waals surface area (Å²) in [7, 11) is 2.06. The van der Waals surface area contributed by atoms with E-state index in [4.69, 9.17) is 4.74 Å². The van der Waals surface area contributed by atoms with Crippen LogP contribution in [-0.4, -0.2) is 37.8 Å². The Morgan fingerprint density at radius 2 is 2.55 bits per heavy atom. The minimum absolute atomic E-state index is 0.218. The molecule has 0 bridgehead atoms. The fraction of sp³-hybridized carbons (Fsp3) is 0.750. The summed E-state index contributed by atoms with van der Waals surface area (Å²) < 4.78 is 5.30. The summed E-state index contributed by atoms with van der Waals surface area (Å²) in [6.07, 6.45) is 0.218. The van der Waals surface area contributed by atoms with Crippen LogP contribution in [0.25, 0.3) is 0 Å². The third-order valence-corrected chi connectivity index (χ3v) is 1.88. The molecule has 0 amide bonds. The van der Waals surface area contributed by atoms with E-state index in [9.17, 15) is 0 Å². The number of hydrogen-bond acceptors (Lipinski definition) is 3. The summed E-state index contributed by atoms with van der Waals surface area (Å²) in [4.78, 5) is 2.19. The van der Waals surface area contributed by atoms with Crippen LogP contribution in [0, 0.1) is 0 Å². The topological polar surface area (TPSA) is 24.5 Å². The molecule has 1 N–H and O–H groups in total. The molecule has 1 atom stereocenters. The number of hydrogen-bond donors (Lipinski definition) is 1. The van der Waals surface area contributed by atoms with Gasteiger partial charge in [0.2, 0.25) is 0 Å². The maximum Gasteiger partial charge on any atom is 0.121 e. The fourth-order valence-corrected chi connectivity index (χ4v) is 1.29. The van der Waals surface area contributed by atoms with E-state index in [-0.39, 0.29) is 6.17 Å². The molecule has 1 rings (SSSR count). The van der Waals surface area contributed by atoms with Crippen molar-refractivity contribution < 1.29 is 4.74 Å². The third kappa shape index (κ3) is 1.94. The zero-order valence-electron chi connectivity index (χ0n) is 7.26. The van der Waals surface area contributed by atoms with Crippen molar-refractivity contribution in [3.05, 3.63) is 12.3 Å². The average Bonchev–Trinajstić information content (AvgIpc) is 2.36. The predicted octanol–water partition coefficient (Wildman–Crippen LogP) is 0.398. The van der Waals surface area contributed by atoms with Crippen LogP contribution in [0.2, 0.25) is 0 Å². The Hall–Kier alpha value is -0.540. The van der Waals surface area contributed by atoms with Crippen LogP contribution in [0.3, 0.4) is 0 Å². The molecule has 3 heteroatoms. The average molecular weight is 156 g/mol. The van der Waals surface area contributed by atoms with Gasteiger partial charge in [0, 0.05) is 13.1 Å². The zero-order valence-corrected chi connectivity index (χ0v) is 7.26. The summed E-state index contributed by atoms with van der Waals surface area (Å²) in [5.41, 5.74) is 0. The van der Waals surface area contributed by atoms with Crippen molar-refractivity contribution in [2.45, 2.75) is 13.1 Å². The molecule has 1 heterocycles. The van der Waals surface area contributed by atoms with E-state index in [0.29, 0.717) is 6.61 Å². The maximum absolute atomic E-state index is 5.30. The van der Waals surface area contributed by atoms with E-state index in [1.807, 2.05) is 6.92 Å². The van der Waals surface area contributed by atoms with E-state index >= 15 is 0 Å². The largest absolute Gasteiger partial charge is 0.496 e. The van der Waals surface area contributed by atoms with Crippen molar-refractivity contribution in [2.24, 2.45) is 0 Å². The second-order valence-electron chi connectivity index (χ2n) is 2.74. The van der Waals surface area contributed by atoms with Crippen molar-refractivity contribution in [3.8, 4) is 0 Å². The second kappa shape index (κ2) is 3.74. The van der Waals surface area contributed by atoms with E-state index in [2.05, 4.69) is 23.8 Å². The van der Waals surface area contributed by atoms with Crippen LogP contribution in [0.1, 0.15) is 6.92 Å². The first-order valence-corrected chi connectivity index (χ1v) is 4.01. The van der Waals surface area contributed by atoms with Gasteiger partial charge in [-0.3, -0.25) is 10.2 Å². The molecule has 1 aliphatic rings. The number of nitrogens with zero attached hydrogens (tertiary/aromatic N) is 1. The lowest BCUT2D eigenvalue weighted by atomic mass is 10.4. The molecular weight excluding hydrogens is 140 g/mol. The lowest BCUT2D eigenvalue weighted by Crippen LogP contribution is -2.35. The Bertz CT molecular complexity index is 147. The first-order chi connectivity index (χ1) is 5.25. The third-order valence-electron chi connectivity index (χ3n) is 1.88. The van der Waals surface area contributed by atoms with Gasteiger partial charge in [-0.1, -0.05) is 6.58 Å². The Morgan fingerprint density at radius 1 is 1.82 bits per heavy atom. The highest BCUT2D eigenvalue weighted by molar-refractivity contribution is 4.98. The SMILES string of the molecule is C=C(OCC)C1NCCN1C. The van der Waals surface area contributed by atoms with Crippen LogP contribution >= 0.6 is 0 Å². The lowest BCUT2D eigenvalue weighted by molar-refractivity contribution is 0.162. The monoisotopic (exact) mass is 156 g/mol. The van der Waals surface area contributed by atoms with Crippen molar-refractivity contribution >= 4 is 0 Å². The lowest BCUT2D eigenvalue weighted by Gasteiger charge is -2.20. The molecule has 0 spiro atoms. The van der Waals surface area contributed by atoms with Gasteiger partial charge in [0.25, 0.3) is 0 Å². The van der Waals surface area contributed by atoms with Gasteiger partial charge < -0.3 is 4.74 Å². The summed E-state index contributed by atoms with van der Waals surface area (Å²) in [5, 5.41) is 3.29. The van der Waals surface area contributed by atoms with E-state index in [1.54, 1.807) is 0 Å². The Labute approximate surface area is 68.0 Å². The molecule has 1 saturated heterocycles.